The van der Waals surface area contributed by atoms with Gasteiger partial charge in [0.05, 0.1) is 41.0 Å². The number of pyridine rings is 1. The van der Waals surface area contributed by atoms with Crippen LogP contribution in [0.4, 0.5) is 5.82 Å². The lowest BCUT2D eigenvalue weighted by atomic mass is 9.95. The number of para-hydroxylation sites is 3. The van der Waals surface area contributed by atoms with Crippen molar-refractivity contribution in [3.05, 3.63) is 72.3 Å². The van der Waals surface area contributed by atoms with E-state index < -0.39 is 0 Å². The number of thiazole rings is 1. The van der Waals surface area contributed by atoms with Crippen LogP contribution in [0.1, 0.15) is 5.56 Å². The van der Waals surface area contributed by atoms with E-state index in [1.165, 1.54) is 11.3 Å². The largest absolute Gasteiger partial charge is 0.493 e. The number of aromatic nitrogens is 3. The predicted octanol–water partition coefficient (Wildman–Crippen LogP) is 5.90. The van der Waals surface area contributed by atoms with Gasteiger partial charge in [0.15, 0.2) is 17.1 Å². The molecule has 2 N–H and O–H groups in total. The van der Waals surface area contributed by atoms with Crippen LogP contribution in [-0.4, -0.2) is 28.6 Å². The molecule has 35 heavy (non-hydrogen) atoms. The summed E-state index contributed by atoms with van der Waals surface area (Å²) in [5.41, 5.74) is 12.4. The fraction of sp³-hybridized carbons (Fsp3) is 0.0741. The number of hydrogen-bond acceptors (Lipinski definition) is 7. The Hall–Kier alpha value is -4.61. The van der Waals surface area contributed by atoms with E-state index in [1.54, 1.807) is 14.2 Å². The zero-order valence-corrected chi connectivity index (χ0v) is 19.8. The number of ether oxygens (including phenoxy) is 2. The molecule has 170 valence electrons. The van der Waals surface area contributed by atoms with Crippen molar-refractivity contribution in [2.45, 2.75) is 0 Å². The molecule has 3 aromatic carbocycles. The molecule has 0 spiro atoms. The van der Waals surface area contributed by atoms with Gasteiger partial charge in [-0.25, -0.2) is 9.97 Å². The van der Waals surface area contributed by atoms with Crippen LogP contribution in [0.2, 0.25) is 0 Å². The van der Waals surface area contributed by atoms with Crippen LogP contribution in [0.15, 0.2) is 66.7 Å². The summed E-state index contributed by atoms with van der Waals surface area (Å²) in [6.07, 6.45) is 0. The van der Waals surface area contributed by atoms with Gasteiger partial charge in [0.2, 0.25) is 0 Å². The van der Waals surface area contributed by atoms with Crippen LogP contribution in [-0.2, 0) is 0 Å². The first-order valence-electron chi connectivity index (χ1n) is 10.9. The van der Waals surface area contributed by atoms with Gasteiger partial charge in [-0.05, 0) is 42.0 Å². The van der Waals surface area contributed by atoms with Crippen LogP contribution in [0, 0.1) is 11.3 Å². The second-order valence-corrected chi connectivity index (χ2v) is 8.97. The number of imidazole rings is 1. The molecule has 0 aliphatic heterocycles. The Kier molecular flexibility index (Phi) is 4.80. The van der Waals surface area contributed by atoms with Crippen molar-refractivity contribution in [1.82, 2.24) is 14.4 Å². The molecule has 0 saturated heterocycles. The van der Waals surface area contributed by atoms with Crippen molar-refractivity contribution in [2.24, 2.45) is 0 Å². The van der Waals surface area contributed by atoms with Crippen molar-refractivity contribution in [3.8, 4) is 39.3 Å². The maximum Gasteiger partial charge on any atom is 0.161 e. The fourth-order valence-corrected chi connectivity index (χ4v) is 5.52. The Bertz CT molecular complexity index is 1780. The molecule has 7 nitrogen and oxygen atoms in total. The number of hydrogen-bond donors (Lipinski definition) is 1. The van der Waals surface area contributed by atoms with E-state index >= 15 is 0 Å². The first-order valence-corrected chi connectivity index (χ1v) is 11.7. The van der Waals surface area contributed by atoms with Gasteiger partial charge in [-0.1, -0.05) is 30.3 Å². The number of fused-ring (bicyclic) bond motifs is 4. The summed E-state index contributed by atoms with van der Waals surface area (Å²) >= 11 is 1.54. The monoisotopic (exact) mass is 477 g/mol. The SMILES string of the molecule is COc1ccc(-c2c(-c3nc4ccccc4s3)c(N)n3c(nc4ccccc43)c2C#N)cc1OC. The summed E-state index contributed by atoms with van der Waals surface area (Å²) in [7, 11) is 3.17. The van der Waals surface area contributed by atoms with Crippen LogP contribution in [0.5, 0.6) is 11.5 Å². The van der Waals surface area contributed by atoms with Gasteiger partial charge >= 0.3 is 0 Å². The minimum absolute atomic E-state index is 0.414. The Balaban J connectivity index is 1.80. The zero-order valence-electron chi connectivity index (χ0n) is 18.9. The van der Waals surface area contributed by atoms with Gasteiger partial charge in [-0.3, -0.25) is 4.40 Å². The molecule has 0 aliphatic carbocycles. The van der Waals surface area contributed by atoms with Gasteiger partial charge in [-0.2, -0.15) is 5.26 Å². The van der Waals surface area contributed by atoms with Crippen molar-refractivity contribution < 1.29 is 9.47 Å². The molecule has 8 heteroatoms. The number of methoxy groups -OCH3 is 2. The maximum absolute atomic E-state index is 10.4. The Morgan fingerprint density at radius 1 is 0.886 bits per heavy atom. The third-order valence-corrected chi connectivity index (χ3v) is 7.13. The number of nitrogens with two attached hydrogens (primary N) is 1. The molecular weight excluding hydrogens is 458 g/mol. The van der Waals surface area contributed by atoms with E-state index in [1.807, 2.05) is 71.1 Å². The number of anilines is 1. The number of rotatable bonds is 4. The third kappa shape index (κ3) is 3.10. The van der Waals surface area contributed by atoms with Crippen molar-refractivity contribution in [3.63, 3.8) is 0 Å². The second-order valence-electron chi connectivity index (χ2n) is 7.94. The molecule has 0 amide bonds. The topological polar surface area (TPSA) is 98.5 Å². The summed E-state index contributed by atoms with van der Waals surface area (Å²) in [6, 6.07) is 23.6. The number of benzene rings is 3. The molecule has 3 aromatic heterocycles. The molecule has 0 radical (unpaired) electrons. The van der Waals surface area contributed by atoms with Crippen molar-refractivity contribution in [1.29, 1.82) is 5.26 Å². The Morgan fingerprint density at radius 2 is 1.63 bits per heavy atom. The Morgan fingerprint density at radius 3 is 2.37 bits per heavy atom. The van der Waals surface area contributed by atoms with E-state index in [-0.39, 0.29) is 0 Å². The highest BCUT2D eigenvalue weighted by molar-refractivity contribution is 7.21. The highest BCUT2D eigenvalue weighted by atomic mass is 32.1. The molecule has 0 aliphatic rings. The first-order chi connectivity index (χ1) is 17.1. The highest BCUT2D eigenvalue weighted by Crippen LogP contribution is 2.45. The normalized spacial score (nSPS) is 11.2. The van der Waals surface area contributed by atoms with Gasteiger partial charge < -0.3 is 15.2 Å². The van der Waals surface area contributed by atoms with Gasteiger partial charge in [0.1, 0.15) is 22.5 Å². The lowest BCUT2D eigenvalue weighted by Gasteiger charge is -2.17. The van der Waals surface area contributed by atoms with Gasteiger partial charge in [0.25, 0.3) is 0 Å². The summed E-state index contributed by atoms with van der Waals surface area (Å²) in [4.78, 5) is 9.67. The summed E-state index contributed by atoms with van der Waals surface area (Å²) in [5, 5.41) is 11.1. The first kappa shape index (κ1) is 21.0. The third-order valence-electron chi connectivity index (χ3n) is 6.07. The molecule has 0 bridgehead atoms. The molecule has 0 unspecified atom stereocenters. The maximum atomic E-state index is 10.4. The van der Waals surface area contributed by atoms with Crippen LogP contribution in [0.3, 0.4) is 0 Å². The molecule has 0 atom stereocenters. The average Bonchev–Trinajstić information content (AvgIpc) is 3.50. The molecule has 6 aromatic rings. The fourth-order valence-electron chi connectivity index (χ4n) is 4.50. The van der Waals surface area contributed by atoms with Crippen molar-refractivity contribution >= 4 is 44.1 Å². The summed E-state index contributed by atoms with van der Waals surface area (Å²) in [5.74, 6) is 1.62. The number of nitriles is 1. The minimum atomic E-state index is 0.414. The molecule has 0 fully saturated rings. The predicted molar refractivity (Wildman–Crippen MR) is 139 cm³/mol. The molecule has 0 saturated carbocycles. The van der Waals surface area contributed by atoms with E-state index in [2.05, 4.69) is 6.07 Å². The minimum Gasteiger partial charge on any atom is -0.493 e. The number of nitrogens with zero attached hydrogens (tertiary/aromatic N) is 4. The lowest BCUT2D eigenvalue weighted by Crippen LogP contribution is -2.05. The van der Waals surface area contributed by atoms with E-state index in [4.69, 9.17) is 25.2 Å². The standard InChI is InChI=1S/C27H19N5O2S/c1-33-20-12-11-15(13-21(20)34-2)23-16(14-28)26-30-17-7-3-5-9-19(17)32(26)25(29)24(23)27-31-18-8-4-6-10-22(18)35-27/h3-13H,29H2,1-2H3. The zero-order chi connectivity index (χ0) is 24.1. The highest BCUT2D eigenvalue weighted by Gasteiger charge is 2.26. The van der Waals surface area contributed by atoms with E-state index in [9.17, 15) is 5.26 Å². The molecule has 3 heterocycles. The van der Waals surface area contributed by atoms with E-state index in [0.717, 1.165) is 31.8 Å². The van der Waals surface area contributed by atoms with E-state index in [0.29, 0.717) is 39.7 Å². The van der Waals surface area contributed by atoms with Crippen molar-refractivity contribution in [2.75, 3.05) is 20.0 Å². The van der Waals surface area contributed by atoms with Crippen LogP contribution >= 0.6 is 11.3 Å². The quantitative estimate of drug-likeness (QED) is 0.339. The summed E-state index contributed by atoms with van der Waals surface area (Å²) < 4.78 is 13.9. The average molecular weight is 478 g/mol. The molecular formula is C27H19N5O2S. The smallest absolute Gasteiger partial charge is 0.161 e. The van der Waals surface area contributed by atoms with Gasteiger partial charge in [0, 0.05) is 5.56 Å². The number of nitrogen functional groups attached to an aromatic ring is 1. The summed E-state index contributed by atoms with van der Waals surface area (Å²) in [6.45, 7) is 0. The Labute approximate surface area is 204 Å². The second kappa shape index (κ2) is 8.01. The van der Waals surface area contributed by atoms with Crippen LogP contribution in [0.25, 0.3) is 48.6 Å². The van der Waals surface area contributed by atoms with Crippen LogP contribution < -0.4 is 15.2 Å². The lowest BCUT2D eigenvalue weighted by molar-refractivity contribution is 0.355. The molecule has 6 rings (SSSR count). The van der Waals surface area contributed by atoms with Gasteiger partial charge in [-0.15, -0.1) is 11.3 Å².